The molecule has 2 aliphatic heterocycles. The fraction of sp³-hybridized carbons (Fsp3) is 0.400. The van der Waals surface area contributed by atoms with Crippen LogP contribution in [0.2, 0.25) is 0 Å². The van der Waals surface area contributed by atoms with Crippen LogP contribution in [0, 0.1) is 0 Å². The Balaban J connectivity index is 1.21. The molecule has 2 saturated heterocycles. The molecule has 2 aromatic heterocycles. The van der Waals surface area contributed by atoms with Gasteiger partial charge in [-0.2, -0.15) is 13.2 Å². The Hall–Kier alpha value is -4.18. The average Bonchev–Trinajstić information content (AvgIpc) is 3.60. The van der Waals surface area contributed by atoms with E-state index in [0.717, 1.165) is 73.9 Å². The largest absolute Gasteiger partial charge is 0.416 e. The summed E-state index contributed by atoms with van der Waals surface area (Å²) in [6, 6.07) is 20.1. The van der Waals surface area contributed by atoms with Gasteiger partial charge in [0.25, 0.3) is 0 Å². The minimum absolute atomic E-state index is 0.237. The lowest BCUT2D eigenvalue weighted by atomic mass is 10.0. The fourth-order valence-corrected chi connectivity index (χ4v) is 6.23. The molecule has 2 fully saturated rings. The number of hydrogen-bond donors (Lipinski definition) is 1. The first-order valence-corrected chi connectivity index (χ1v) is 15.8. The lowest BCUT2D eigenvalue weighted by Gasteiger charge is -2.40. The fourth-order valence-electron chi connectivity index (χ4n) is 6.23. The zero-order valence-electron chi connectivity index (χ0n) is 25.8. The zero-order valence-corrected chi connectivity index (χ0v) is 25.8. The summed E-state index contributed by atoms with van der Waals surface area (Å²) >= 11 is 0. The van der Waals surface area contributed by atoms with Crippen LogP contribution in [0.3, 0.4) is 0 Å². The first-order valence-electron chi connectivity index (χ1n) is 15.8. The van der Waals surface area contributed by atoms with Crippen molar-refractivity contribution in [3.63, 3.8) is 0 Å². The third-order valence-corrected chi connectivity index (χ3v) is 8.85. The minimum Gasteiger partial charge on any atom is -0.357 e. The van der Waals surface area contributed by atoms with E-state index in [1.54, 1.807) is 12.3 Å². The Bertz CT molecular complexity index is 1540. The van der Waals surface area contributed by atoms with Gasteiger partial charge in [-0.3, -0.25) is 0 Å². The summed E-state index contributed by atoms with van der Waals surface area (Å²) in [5, 5.41) is 3.52. The SMILES string of the molecule is CC(C)N1CCC(N(Cc2ccc(Nc3ccnc(N4CCCC4)c3)cc2)c2nccc(-c3ccc(C(F)(F)F)cc3)n2)CC1. The van der Waals surface area contributed by atoms with Gasteiger partial charge in [-0.15, -0.1) is 0 Å². The molecule has 10 heteroatoms. The molecule has 0 radical (unpaired) electrons. The Morgan fingerprint density at radius 3 is 2.20 bits per heavy atom. The first-order chi connectivity index (χ1) is 21.7. The monoisotopic (exact) mass is 615 g/mol. The normalized spacial score (nSPS) is 16.4. The van der Waals surface area contributed by atoms with Crippen LogP contribution in [-0.4, -0.2) is 58.1 Å². The van der Waals surface area contributed by atoms with E-state index < -0.39 is 11.7 Å². The maximum atomic E-state index is 13.1. The molecule has 1 N–H and O–H groups in total. The van der Waals surface area contributed by atoms with Crippen LogP contribution < -0.4 is 15.1 Å². The number of aromatic nitrogens is 3. The Morgan fingerprint density at radius 1 is 0.844 bits per heavy atom. The number of piperidine rings is 1. The summed E-state index contributed by atoms with van der Waals surface area (Å²) in [6.45, 7) is 9.16. The standard InChI is InChI=1S/C35H40F3N7/c1-25(2)43-21-15-31(16-22-43)45(34-40-18-14-32(42-34)27-7-9-28(10-8-27)35(36,37)38)24-26-5-11-29(12-6-26)41-30-13-17-39-33(23-30)44-19-3-4-20-44/h5-14,17-18,23,25,31H,3-4,15-16,19-22,24H2,1-2H3,(H,39,41). The van der Waals surface area contributed by atoms with Gasteiger partial charge in [0.05, 0.1) is 11.3 Å². The van der Waals surface area contributed by atoms with E-state index in [-0.39, 0.29) is 6.04 Å². The summed E-state index contributed by atoms with van der Waals surface area (Å²) < 4.78 is 39.4. The maximum absolute atomic E-state index is 13.1. The number of halogens is 3. The third kappa shape index (κ3) is 7.56. The Morgan fingerprint density at radius 2 is 1.53 bits per heavy atom. The van der Waals surface area contributed by atoms with Gasteiger partial charge in [-0.05, 0) is 81.5 Å². The highest BCUT2D eigenvalue weighted by Gasteiger charge is 2.30. The lowest BCUT2D eigenvalue weighted by molar-refractivity contribution is -0.137. The van der Waals surface area contributed by atoms with Gasteiger partial charge in [-0.25, -0.2) is 15.0 Å². The van der Waals surface area contributed by atoms with Crippen molar-refractivity contribution in [1.82, 2.24) is 19.9 Å². The molecule has 7 nitrogen and oxygen atoms in total. The second kappa shape index (κ2) is 13.4. The number of benzene rings is 2. The van der Waals surface area contributed by atoms with Gasteiger partial charge in [0.15, 0.2) is 0 Å². The summed E-state index contributed by atoms with van der Waals surface area (Å²) in [4.78, 5) is 21.2. The Kier molecular flexibility index (Phi) is 9.21. The predicted molar refractivity (Wildman–Crippen MR) is 174 cm³/mol. The van der Waals surface area contributed by atoms with Gasteiger partial charge in [-0.1, -0.05) is 24.3 Å². The van der Waals surface area contributed by atoms with Gasteiger partial charge >= 0.3 is 6.18 Å². The second-order valence-corrected chi connectivity index (χ2v) is 12.2. The van der Waals surface area contributed by atoms with Crippen LogP contribution in [0.1, 0.15) is 50.7 Å². The quantitative estimate of drug-likeness (QED) is 0.206. The van der Waals surface area contributed by atoms with E-state index in [2.05, 4.69) is 74.2 Å². The molecule has 0 aliphatic carbocycles. The van der Waals surface area contributed by atoms with Crippen LogP contribution in [0.4, 0.5) is 36.3 Å². The average molecular weight is 616 g/mol. The number of nitrogens with one attached hydrogen (secondary N) is 1. The molecule has 0 saturated carbocycles. The van der Waals surface area contributed by atoms with E-state index in [1.165, 1.54) is 25.0 Å². The molecule has 4 heterocycles. The summed E-state index contributed by atoms with van der Waals surface area (Å²) in [5.41, 5.74) is 3.68. The van der Waals surface area contributed by atoms with Crippen molar-refractivity contribution in [1.29, 1.82) is 0 Å². The van der Waals surface area contributed by atoms with Crippen molar-refractivity contribution in [2.45, 2.75) is 64.3 Å². The number of pyridine rings is 1. The number of likely N-dealkylation sites (tertiary alicyclic amines) is 1. The molecule has 0 spiro atoms. The predicted octanol–water partition coefficient (Wildman–Crippen LogP) is 7.78. The van der Waals surface area contributed by atoms with E-state index in [1.807, 2.05) is 12.3 Å². The van der Waals surface area contributed by atoms with Crippen molar-refractivity contribution < 1.29 is 13.2 Å². The molecule has 0 amide bonds. The second-order valence-electron chi connectivity index (χ2n) is 12.2. The molecule has 2 aromatic carbocycles. The molecule has 6 rings (SSSR count). The number of alkyl halides is 3. The molecule has 2 aliphatic rings. The summed E-state index contributed by atoms with van der Waals surface area (Å²) in [7, 11) is 0. The molecular weight excluding hydrogens is 575 g/mol. The van der Waals surface area contributed by atoms with Gasteiger partial charge in [0.1, 0.15) is 5.82 Å². The number of nitrogens with zero attached hydrogens (tertiary/aromatic N) is 6. The van der Waals surface area contributed by atoms with Crippen molar-refractivity contribution in [2.75, 3.05) is 41.3 Å². The van der Waals surface area contributed by atoms with Crippen molar-refractivity contribution >= 4 is 23.1 Å². The van der Waals surface area contributed by atoms with Crippen LogP contribution in [0.25, 0.3) is 11.3 Å². The number of rotatable bonds is 9. The van der Waals surface area contributed by atoms with Gasteiger partial charge < -0.3 is 20.0 Å². The topological polar surface area (TPSA) is 60.4 Å². The number of anilines is 4. The van der Waals surface area contributed by atoms with Gasteiger partial charge in [0.2, 0.25) is 5.95 Å². The molecule has 0 unspecified atom stereocenters. The van der Waals surface area contributed by atoms with E-state index >= 15 is 0 Å². The maximum Gasteiger partial charge on any atom is 0.416 e. The van der Waals surface area contributed by atoms with Crippen molar-refractivity contribution in [3.8, 4) is 11.3 Å². The molecule has 45 heavy (non-hydrogen) atoms. The van der Waals surface area contributed by atoms with Crippen LogP contribution in [0.15, 0.2) is 79.1 Å². The molecule has 4 aromatic rings. The summed E-state index contributed by atoms with van der Waals surface area (Å²) in [5.74, 6) is 1.59. The number of hydrogen-bond acceptors (Lipinski definition) is 7. The van der Waals surface area contributed by atoms with E-state index in [9.17, 15) is 13.2 Å². The molecule has 0 bridgehead atoms. The van der Waals surface area contributed by atoms with Crippen molar-refractivity contribution in [2.24, 2.45) is 0 Å². The van der Waals surface area contributed by atoms with Crippen LogP contribution >= 0.6 is 0 Å². The van der Waals surface area contributed by atoms with E-state index in [4.69, 9.17) is 4.98 Å². The molecule has 0 atom stereocenters. The highest BCUT2D eigenvalue weighted by molar-refractivity contribution is 5.64. The molecular formula is C35H40F3N7. The molecule has 236 valence electrons. The van der Waals surface area contributed by atoms with E-state index in [0.29, 0.717) is 29.8 Å². The van der Waals surface area contributed by atoms with Gasteiger partial charge in [0, 0.05) is 80.2 Å². The first kappa shape index (κ1) is 30.8. The zero-order chi connectivity index (χ0) is 31.4. The lowest BCUT2D eigenvalue weighted by Crippen LogP contribution is -2.47. The minimum atomic E-state index is -4.38. The smallest absolute Gasteiger partial charge is 0.357 e. The van der Waals surface area contributed by atoms with Crippen molar-refractivity contribution in [3.05, 3.63) is 90.3 Å². The highest BCUT2D eigenvalue weighted by Crippen LogP contribution is 2.32. The highest BCUT2D eigenvalue weighted by atomic mass is 19.4. The van der Waals surface area contributed by atoms with Crippen LogP contribution in [-0.2, 0) is 12.7 Å². The Labute approximate surface area is 263 Å². The van der Waals surface area contributed by atoms with Crippen LogP contribution in [0.5, 0.6) is 0 Å². The third-order valence-electron chi connectivity index (χ3n) is 8.85. The summed E-state index contributed by atoms with van der Waals surface area (Å²) in [6.07, 6.45) is 3.55.